The molecule has 0 unspecified atom stereocenters. The highest BCUT2D eigenvalue weighted by Crippen LogP contribution is 2.23. The van der Waals surface area contributed by atoms with E-state index in [1.54, 1.807) is 7.11 Å². The molecule has 3 rings (SSSR count). The molecule has 0 saturated carbocycles. The van der Waals surface area contributed by atoms with Gasteiger partial charge in [0.15, 0.2) is 0 Å². The predicted molar refractivity (Wildman–Crippen MR) is 83.8 cm³/mol. The van der Waals surface area contributed by atoms with E-state index >= 15 is 0 Å². The molecule has 0 aliphatic carbocycles. The average molecular weight is 294 g/mol. The van der Waals surface area contributed by atoms with Gasteiger partial charge in [0.25, 0.3) is 0 Å². The highest BCUT2D eigenvalue weighted by Gasteiger charge is 2.18. The zero-order valence-corrected chi connectivity index (χ0v) is 12.6. The van der Waals surface area contributed by atoms with E-state index in [4.69, 9.17) is 14.7 Å². The van der Waals surface area contributed by atoms with Crippen molar-refractivity contribution < 1.29 is 9.47 Å². The van der Waals surface area contributed by atoms with Gasteiger partial charge in [-0.15, -0.1) is 0 Å². The van der Waals surface area contributed by atoms with Crippen LogP contribution in [-0.2, 0) is 13.1 Å². The molecular weight excluding hydrogens is 276 g/mol. The van der Waals surface area contributed by atoms with E-state index in [1.807, 2.05) is 36.4 Å². The van der Waals surface area contributed by atoms with Crippen LogP contribution in [0.4, 0.5) is 0 Å². The summed E-state index contributed by atoms with van der Waals surface area (Å²) in [5.41, 5.74) is 3.29. The molecule has 1 heterocycles. The third-order valence-electron chi connectivity index (χ3n) is 3.86. The second-order valence-electron chi connectivity index (χ2n) is 5.33. The van der Waals surface area contributed by atoms with Crippen molar-refractivity contribution in [3.05, 3.63) is 59.2 Å². The van der Waals surface area contributed by atoms with Crippen molar-refractivity contribution in [2.75, 3.05) is 20.3 Å². The van der Waals surface area contributed by atoms with Gasteiger partial charge in [-0.25, -0.2) is 0 Å². The third kappa shape index (κ3) is 3.21. The molecule has 0 atom stereocenters. The minimum Gasteiger partial charge on any atom is -0.497 e. The Morgan fingerprint density at radius 3 is 2.50 bits per heavy atom. The lowest BCUT2D eigenvalue weighted by Crippen LogP contribution is -2.22. The van der Waals surface area contributed by atoms with Gasteiger partial charge in [-0.1, -0.05) is 6.07 Å². The maximum Gasteiger partial charge on any atom is 0.119 e. The molecule has 112 valence electrons. The lowest BCUT2D eigenvalue weighted by atomic mass is 10.1. The standard InChI is InChI=1S/C18H18N2O2/c1-21-17-4-6-18(7-5-17)22-9-8-20-12-15-3-2-14(11-19)10-16(15)13-20/h2-7,10H,8-9,12-13H2,1H3. The maximum atomic E-state index is 8.95. The Hall–Kier alpha value is -2.51. The van der Waals surface area contributed by atoms with Gasteiger partial charge in [0, 0.05) is 19.6 Å². The summed E-state index contributed by atoms with van der Waals surface area (Å²) in [6.45, 7) is 3.32. The van der Waals surface area contributed by atoms with E-state index in [-0.39, 0.29) is 0 Å². The summed E-state index contributed by atoms with van der Waals surface area (Å²) in [6.07, 6.45) is 0. The van der Waals surface area contributed by atoms with Crippen molar-refractivity contribution in [2.45, 2.75) is 13.1 Å². The van der Waals surface area contributed by atoms with E-state index in [0.717, 1.165) is 36.7 Å². The van der Waals surface area contributed by atoms with Gasteiger partial charge in [0.1, 0.15) is 18.1 Å². The fourth-order valence-electron chi connectivity index (χ4n) is 2.66. The average Bonchev–Trinajstić information content (AvgIpc) is 2.97. The number of benzene rings is 2. The van der Waals surface area contributed by atoms with E-state index in [1.165, 1.54) is 11.1 Å². The number of hydrogen-bond donors (Lipinski definition) is 0. The molecule has 0 bridgehead atoms. The summed E-state index contributed by atoms with van der Waals surface area (Å²) in [5, 5.41) is 8.95. The zero-order chi connectivity index (χ0) is 15.4. The second-order valence-corrected chi connectivity index (χ2v) is 5.33. The van der Waals surface area contributed by atoms with E-state index in [9.17, 15) is 0 Å². The number of fused-ring (bicyclic) bond motifs is 1. The van der Waals surface area contributed by atoms with Crippen molar-refractivity contribution >= 4 is 0 Å². The van der Waals surface area contributed by atoms with Crippen LogP contribution in [0.2, 0.25) is 0 Å². The van der Waals surface area contributed by atoms with Crippen LogP contribution in [-0.4, -0.2) is 25.2 Å². The van der Waals surface area contributed by atoms with Crippen LogP contribution in [0.5, 0.6) is 11.5 Å². The first-order valence-corrected chi connectivity index (χ1v) is 7.29. The van der Waals surface area contributed by atoms with Gasteiger partial charge in [-0.2, -0.15) is 5.26 Å². The summed E-state index contributed by atoms with van der Waals surface area (Å²) in [6, 6.07) is 15.7. The molecular formula is C18H18N2O2. The highest BCUT2D eigenvalue weighted by molar-refractivity contribution is 5.40. The summed E-state index contributed by atoms with van der Waals surface area (Å²) >= 11 is 0. The second kappa shape index (κ2) is 6.50. The smallest absolute Gasteiger partial charge is 0.119 e. The monoisotopic (exact) mass is 294 g/mol. The summed E-state index contributed by atoms with van der Waals surface area (Å²) in [7, 11) is 1.65. The van der Waals surface area contributed by atoms with Crippen LogP contribution in [0, 0.1) is 11.3 Å². The Kier molecular flexibility index (Phi) is 4.27. The van der Waals surface area contributed by atoms with Crippen LogP contribution in [0.3, 0.4) is 0 Å². The molecule has 0 spiro atoms. The van der Waals surface area contributed by atoms with Crippen molar-refractivity contribution in [1.29, 1.82) is 5.26 Å². The number of methoxy groups -OCH3 is 1. The minimum atomic E-state index is 0.644. The molecule has 4 nitrogen and oxygen atoms in total. The number of nitriles is 1. The molecule has 4 heteroatoms. The van der Waals surface area contributed by atoms with Gasteiger partial charge in [-0.3, -0.25) is 4.90 Å². The van der Waals surface area contributed by atoms with Gasteiger partial charge in [0.05, 0.1) is 18.7 Å². The Morgan fingerprint density at radius 1 is 1.05 bits per heavy atom. The quantitative estimate of drug-likeness (QED) is 0.850. The Balaban J connectivity index is 1.50. The summed E-state index contributed by atoms with van der Waals surface area (Å²) < 4.78 is 10.9. The topological polar surface area (TPSA) is 45.5 Å². The van der Waals surface area contributed by atoms with Crippen molar-refractivity contribution in [3.8, 4) is 17.6 Å². The first-order valence-electron chi connectivity index (χ1n) is 7.29. The normalized spacial score (nSPS) is 13.5. The molecule has 0 aromatic heterocycles. The van der Waals surface area contributed by atoms with Gasteiger partial charge < -0.3 is 9.47 Å². The van der Waals surface area contributed by atoms with Crippen LogP contribution in [0.15, 0.2) is 42.5 Å². The number of ether oxygens (including phenoxy) is 2. The van der Waals surface area contributed by atoms with E-state index < -0.39 is 0 Å². The Morgan fingerprint density at radius 2 is 1.77 bits per heavy atom. The SMILES string of the molecule is COc1ccc(OCCN2Cc3ccc(C#N)cc3C2)cc1. The molecule has 22 heavy (non-hydrogen) atoms. The number of nitrogens with zero attached hydrogens (tertiary/aromatic N) is 2. The fourth-order valence-corrected chi connectivity index (χ4v) is 2.66. The van der Waals surface area contributed by atoms with Crippen molar-refractivity contribution in [3.63, 3.8) is 0 Å². The molecule has 0 amide bonds. The number of rotatable bonds is 5. The van der Waals surface area contributed by atoms with Crippen molar-refractivity contribution in [2.24, 2.45) is 0 Å². The molecule has 2 aromatic carbocycles. The highest BCUT2D eigenvalue weighted by atomic mass is 16.5. The summed E-state index contributed by atoms with van der Waals surface area (Å²) in [5.74, 6) is 1.68. The molecule has 2 aromatic rings. The molecule has 1 aliphatic heterocycles. The van der Waals surface area contributed by atoms with Crippen LogP contribution in [0.1, 0.15) is 16.7 Å². The zero-order valence-electron chi connectivity index (χ0n) is 12.6. The molecule has 0 radical (unpaired) electrons. The largest absolute Gasteiger partial charge is 0.497 e. The lowest BCUT2D eigenvalue weighted by molar-refractivity contribution is 0.211. The van der Waals surface area contributed by atoms with Gasteiger partial charge in [-0.05, 0) is 47.5 Å². The van der Waals surface area contributed by atoms with Crippen LogP contribution >= 0.6 is 0 Å². The van der Waals surface area contributed by atoms with Gasteiger partial charge in [0.2, 0.25) is 0 Å². The number of hydrogen-bond acceptors (Lipinski definition) is 4. The van der Waals surface area contributed by atoms with Crippen LogP contribution in [0.25, 0.3) is 0 Å². The first-order chi connectivity index (χ1) is 10.8. The third-order valence-corrected chi connectivity index (χ3v) is 3.86. The first kappa shape index (κ1) is 14.4. The molecule has 1 aliphatic rings. The van der Waals surface area contributed by atoms with Crippen LogP contribution < -0.4 is 9.47 Å². The summed E-state index contributed by atoms with van der Waals surface area (Å²) in [4.78, 5) is 2.33. The van der Waals surface area contributed by atoms with Crippen molar-refractivity contribution in [1.82, 2.24) is 4.90 Å². The predicted octanol–water partition coefficient (Wildman–Crippen LogP) is 2.96. The van der Waals surface area contributed by atoms with E-state index in [0.29, 0.717) is 6.61 Å². The van der Waals surface area contributed by atoms with E-state index in [2.05, 4.69) is 17.0 Å². The minimum absolute atomic E-state index is 0.644. The van der Waals surface area contributed by atoms with Gasteiger partial charge >= 0.3 is 0 Å². The Bertz CT molecular complexity index is 689. The Labute approximate surface area is 130 Å². The molecule has 0 N–H and O–H groups in total. The lowest BCUT2D eigenvalue weighted by Gasteiger charge is -2.15. The molecule has 0 fully saturated rings. The fraction of sp³-hybridized carbons (Fsp3) is 0.278. The molecule has 0 saturated heterocycles. The maximum absolute atomic E-state index is 8.95.